The van der Waals surface area contributed by atoms with E-state index in [1.807, 2.05) is 0 Å². The van der Waals surface area contributed by atoms with E-state index in [-0.39, 0.29) is 17.4 Å². The van der Waals surface area contributed by atoms with Crippen LogP contribution in [-0.4, -0.2) is 30.3 Å². The number of rotatable bonds is 3. The van der Waals surface area contributed by atoms with Crippen LogP contribution in [0.1, 0.15) is 23.2 Å². The van der Waals surface area contributed by atoms with Gasteiger partial charge in [-0.3, -0.25) is 0 Å². The number of benzene rings is 1. The number of carbonyl (C=O) groups is 1. The highest BCUT2D eigenvalue weighted by atomic mass is 16.5. The first-order chi connectivity index (χ1) is 8.18. The number of carboxylic acids is 1. The van der Waals surface area contributed by atoms with Crippen LogP contribution < -0.4 is 15.8 Å². The fraction of sp³-hybridized carbons (Fsp3) is 0.417. The highest BCUT2D eigenvalue weighted by Crippen LogP contribution is 2.28. The molecular weight excluding hydrogens is 220 g/mol. The molecular formula is C12H16N2O3. The molecule has 1 aliphatic heterocycles. The number of para-hydroxylation sites is 1. The van der Waals surface area contributed by atoms with E-state index < -0.39 is 5.97 Å². The summed E-state index contributed by atoms with van der Waals surface area (Å²) in [5, 5.41) is 12.3. The first-order valence-electron chi connectivity index (χ1n) is 5.67. The number of nitrogen functional groups attached to an aromatic ring is 1. The average Bonchev–Trinajstić information content (AvgIpc) is 2.33. The van der Waals surface area contributed by atoms with Gasteiger partial charge in [0.25, 0.3) is 0 Å². The predicted octanol–water partition coefficient (Wildman–Crippen LogP) is 1.10. The normalized spacial score (nSPS) is 19.9. The largest absolute Gasteiger partial charge is 0.486 e. The Hall–Kier alpha value is -1.75. The van der Waals surface area contributed by atoms with Crippen LogP contribution in [0, 0.1) is 0 Å². The number of nitrogens with two attached hydrogens (primary N) is 1. The molecule has 5 nitrogen and oxygen atoms in total. The molecule has 0 spiro atoms. The third kappa shape index (κ3) is 2.68. The van der Waals surface area contributed by atoms with E-state index in [9.17, 15) is 4.79 Å². The number of aromatic carboxylic acids is 1. The second-order valence-electron chi connectivity index (χ2n) is 4.12. The van der Waals surface area contributed by atoms with E-state index in [1.54, 1.807) is 12.1 Å². The Morgan fingerprint density at radius 1 is 1.53 bits per heavy atom. The Balaban J connectivity index is 2.21. The highest BCUT2D eigenvalue weighted by molar-refractivity contribution is 5.93. The SMILES string of the molecule is Nc1cccc(C(=O)O)c1OC1CCCNC1. The van der Waals surface area contributed by atoms with Gasteiger partial charge in [0.15, 0.2) is 5.75 Å². The molecule has 0 bridgehead atoms. The van der Waals surface area contributed by atoms with E-state index in [2.05, 4.69) is 5.32 Å². The Kier molecular flexibility index (Phi) is 3.49. The van der Waals surface area contributed by atoms with Crippen LogP contribution in [0.2, 0.25) is 0 Å². The lowest BCUT2D eigenvalue weighted by atomic mass is 10.1. The number of ether oxygens (including phenoxy) is 1. The maximum absolute atomic E-state index is 11.1. The maximum atomic E-state index is 11.1. The van der Waals surface area contributed by atoms with Crippen molar-refractivity contribution in [3.8, 4) is 5.75 Å². The first kappa shape index (κ1) is 11.7. The zero-order valence-electron chi connectivity index (χ0n) is 9.48. The lowest BCUT2D eigenvalue weighted by Gasteiger charge is -2.25. The van der Waals surface area contributed by atoms with Gasteiger partial charge in [-0.05, 0) is 31.5 Å². The van der Waals surface area contributed by atoms with Crippen molar-refractivity contribution < 1.29 is 14.6 Å². The zero-order valence-corrected chi connectivity index (χ0v) is 9.48. The molecule has 1 unspecified atom stereocenters. The predicted molar refractivity (Wildman–Crippen MR) is 64.3 cm³/mol. The fourth-order valence-corrected chi connectivity index (χ4v) is 1.94. The van der Waals surface area contributed by atoms with Gasteiger partial charge in [0.1, 0.15) is 11.7 Å². The molecule has 2 rings (SSSR count). The van der Waals surface area contributed by atoms with Gasteiger partial charge in [0.2, 0.25) is 0 Å². The third-order valence-corrected chi connectivity index (χ3v) is 2.81. The Bertz CT molecular complexity index is 414. The van der Waals surface area contributed by atoms with Crippen molar-refractivity contribution in [2.24, 2.45) is 0 Å². The van der Waals surface area contributed by atoms with E-state index in [0.717, 1.165) is 25.9 Å². The van der Waals surface area contributed by atoms with Crippen LogP contribution in [0.5, 0.6) is 5.75 Å². The van der Waals surface area contributed by atoms with Gasteiger partial charge < -0.3 is 20.9 Å². The van der Waals surface area contributed by atoms with Gasteiger partial charge >= 0.3 is 5.97 Å². The van der Waals surface area contributed by atoms with Crippen LogP contribution in [0.4, 0.5) is 5.69 Å². The molecule has 5 heteroatoms. The van der Waals surface area contributed by atoms with Crippen molar-refractivity contribution in [3.05, 3.63) is 23.8 Å². The second kappa shape index (κ2) is 5.05. The number of piperidine rings is 1. The van der Waals surface area contributed by atoms with E-state index in [0.29, 0.717) is 5.69 Å². The van der Waals surface area contributed by atoms with Gasteiger partial charge in [-0.2, -0.15) is 0 Å². The van der Waals surface area contributed by atoms with Gasteiger partial charge in [0.05, 0.1) is 5.69 Å². The molecule has 0 amide bonds. The minimum atomic E-state index is -1.02. The highest BCUT2D eigenvalue weighted by Gasteiger charge is 2.20. The molecule has 92 valence electrons. The van der Waals surface area contributed by atoms with Crippen LogP contribution in [0.25, 0.3) is 0 Å². The number of nitrogens with one attached hydrogen (secondary N) is 1. The molecule has 1 saturated heterocycles. The molecule has 1 aromatic rings. The summed E-state index contributed by atoms with van der Waals surface area (Å²) in [7, 11) is 0. The number of hydrogen-bond acceptors (Lipinski definition) is 4. The monoisotopic (exact) mass is 236 g/mol. The molecule has 17 heavy (non-hydrogen) atoms. The van der Waals surface area contributed by atoms with Crippen LogP contribution in [-0.2, 0) is 0 Å². The topological polar surface area (TPSA) is 84.6 Å². The lowest BCUT2D eigenvalue weighted by molar-refractivity contribution is 0.0687. The minimum Gasteiger partial charge on any atom is -0.486 e. The van der Waals surface area contributed by atoms with Crippen molar-refractivity contribution >= 4 is 11.7 Å². The standard InChI is InChI=1S/C12H16N2O3/c13-10-5-1-4-9(12(15)16)11(10)17-8-3-2-6-14-7-8/h1,4-5,8,14H,2-3,6-7,13H2,(H,15,16). The quantitative estimate of drug-likeness (QED) is 0.684. The number of carboxylic acid groups (broad SMARTS) is 1. The molecule has 1 aromatic carbocycles. The molecule has 1 atom stereocenters. The van der Waals surface area contributed by atoms with Gasteiger partial charge in [-0.1, -0.05) is 6.07 Å². The third-order valence-electron chi connectivity index (χ3n) is 2.81. The molecule has 0 aromatic heterocycles. The van der Waals surface area contributed by atoms with E-state index in [4.69, 9.17) is 15.6 Å². The molecule has 0 aliphatic carbocycles. The molecule has 0 saturated carbocycles. The first-order valence-corrected chi connectivity index (χ1v) is 5.67. The summed E-state index contributed by atoms with van der Waals surface area (Å²) in [5.74, 6) is -0.732. The van der Waals surface area contributed by atoms with E-state index in [1.165, 1.54) is 6.07 Å². The van der Waals surface area contributed by atoms with Gasteiger partial charge in [-0.15, -0.1) is 0 Å². The van der Waals surface area contributed by atoms with Gasteiger partial charge in [-0.25, -0.2) is 4.79 Å². The smallest absolute Gasteiger partial charge is 0.339 e. The summed E-state index contributed by atoms with van der Waals surface area (Å²) in [6.45, 7) is 1.71. The maximum Gasteiger partial charge on any atom is 0.339 e. The van der Waals surface area contributed by atoms with Crippen molar-refractivity contribution in [1.29, 1.82) is 0 Å². The lowest BCUT2D eigenvalue weighted by Crippen LogP contribution is -2.37. The number of hydrogen-bond donors (Lipinski definition) is 3. The van der Waals surface area contributed by atoms with Crippen LogP contribution >= 0.6 is 0 Å². The molecule has 0 radical (unpaired) electrons. The molecule has 1 fully saturated rings. The van der Waals surface area contributed by atoms with Crippen molar-refractivity contribution in [3.63, 3.8) is 0 Å². The Labute approximate surface area is 99.6 Å². The number of anilines is 1. The van der Waals surface area contributed by atoms with Crippen molar-refractivity contribution in [1.82, 2.24) is 5.32 Å². The van der Waals surface area contributed by atoms with Gasteiger partial charge in [0, 0.05) is 6.54 Å². The minimum absolute atomic E-state index is 0.00782. The zero-order chi connectivity index (χ0) is 12.3. The Morgan fingerprint density at radius 2 is 2.35 bits per heavy atom. The van der Waals surface area contributed by atoms with E-state index >= 15 is 0 Å². The Morgan fingerprint density at radius 3 is 3.00 bits per heavy atom. The second-order valence-corrected chi connectivity index (χ2v) is 4.12. The van der Waals surface area contributed by atoms with Crippen LogP contribution in [0.15, 0.2) is 18.2 Å². The summed E-state index contributed by atoms with van der Waals surface area (Å²) < 4.78 is 5.71. The van der Waals surface area contributed by atoms with Crippen molar-refractivity contribution in [2.75, 3.05) is 18.8 Å². The summed E-state index contributed by atoms with van der Waals surface area (Å²) in [6.07, 6.45) is 1.94. The summed E-state index contributed by atoms with van der Waals surface area (Å²) in [5.41, 5.74) is 6.26. The van der Waals surface area contributed by atoms with Crippen molar-refractivity contribution in [2.45, 2.75) is 18.9 Å². The summed E-state index contributed by atoms with van der Waals surface area (Å²) >= 11 is 0. The summed E-state index contributed by atoms with van der Waals surface area (Å²) in [6, 6.07) is 4.77. The average molecular weight is 236 g/mol. The molecule has 1 aliphatic rings. The summed E-state index contributed by atoms with van der Waals surface area (Å²) in [4.78, 5) is 11.1. The fourth-order valence-electron chi connectivity index (χ4n) is 1.94. The molecule has 1 heterocycles. The molecule has 4 N–H and O–H groups in total. The van der Waals surface area contributed by atoms with Crippen LogP contribution in [0.3, 0.4) is 0 Å².